The molecule has 146 valence electrons. The van der Waals surface area contributed by atoms with Crippen molar-refractivity contribution in [3.05, 3.63) is 65.5 Å². The smallest absolute Gasteiger partial charge is 0.236 e. The van der Waals surface area contributed by atoms with Gasteiger partial charge < -0.3 is 10.1 Å². The van der Waals surface area contributed by atoms with Gasteiger partial charge in [-0.05, 0) is 48.9 Å². The molecule has 0 saturated heterocycles. The average molecular weight is 422 g/mol. The molecule has 2 aromatic heterocycles. The topological polar surface area (TPSA) is 64.1 Å². The van der Waals surface area contributed by atoms with Crippen molar-refractivity contribution in [1.82, 2.24) is 9.97 Å². The molecule has 4 aromatic rings. The Morgan fingerprint density at radius 3 is 2.72 bits per heavy atom. The monoisotopic (exact) mass is 421 g/mol. The molecule has 1 N–H and O–H groups in total. The number of aryl methyl sites for hydroxylation is 1. The summed E-state index contributed by atoms with van der Waals surface area (Å²) in [4.78, 5) is 21.5. The van der Waals surface area contributed by atoms with Gasteiger partial charge >= 0.3 is 0 Å². The number of pyridine rings is 1. The van der Waals surface area contributed by atoms with E-state index < -0.39 is 0 Å². The summed E-state index contributed by atoms with van der Waals surface area (Å²) in [5, 5.41) is 7.36. The van der Waals surface area contributed by atoms with Gasteiger partial charge in [0.25, 0.3) is 0 Å². The predicted octanol–water partition coefficient (Wildman–Crippen LogP) is 5.41. The highest BCUT2D eigenvalue weighted by Gasteiger charge is 2.10. The maximum absolute atomic E-state index is 12.4. The van der Waals surface area contributed by atoms with Crippen molar-refractivity contribution in [2.45, 2.75) is 11.9 Å². The third kappa shape index (κ3) is 4.58. The second-order valence-electron chi connectivity index (χ2n) is 6.40. The molecule has 0 aliphatic heterocycles. The van der Waals surface area contributed by atoms with E-state index in [2.05, 4.69) is 28.3 Å². The number of fused-ring (bicyclic) bond motifs is 1. The van der Waals surface area contributed by atoms with Crippen LogP contribution in [0, 0.1) is 6.92 Å². The number of nitrogens with one attached hydrogen (secondary N) is 1. The number of rotatable bonds is 6. The molecule has 0 aliphatic carbocycles. The zero-order valence-corrected chi connectivity index (χ0v) is 17.6. The summed E-state index contributed by atoms with van der Waals surface area (Å²) in [5.41, 5.74) is 3.90. The third-order valence-electron chi connectivity index (χ3n) is 4.39. The Labute approximate surface area is 177 Å². The standard InChI is InChI=1S/C22H19N3O2S2/c1-14-11-21(23-18-6-4-3-5-17(14)18)28-13-20(26)25-22-24-19(12-29-22)15-7-9-16(27-2)10-8-15/h3-12H,13H2,1-2H3,(H,24,25,26). The van der Waals surface area contributed by atoms with Crippen molar-refractivity contribution in [2.24, 2.45) is 0 Å². The molecule has 0 atom stereocenters. The highest BCUT2D eigenvalue weighted by Crippen LogP contribution is 2.27. The van der Waals surface area contributed by atoms with Gasteiger partial charge in [-0.3, -0.25) is 4.79 Å². The molecular weight excluding hydrogens is 402 g/mol. The number of thioether (sulfide) groups is 1. The summed E-state index contributed by atoms with van der Waals surface area (Å²) in [5.74, 6) is 0.979. The predicted molar refractivity (Wildman–Crippen MR) is 120 cm³/mol. The Morgan fingerprint density at radius 1 is 1.14 bits per heavy atom. The summed E-state index contributed by atoms with van der Waals surface area (Å²) in [7, 11) is 1.64. The lowest BCUT2D eigenvalue weighted by Crippen LogP contribution is -2.13. The van der Waals surface area contributed by atoms with Crippen molar-refractivity contribution in [3.8, 4) is 17.0 Å². The quantitative estimate of drug-likeness (QED) is 0.422. The van der Waals surface area contributed by atoms with Crippen LogP contribution >= 0.6 is 23.1 Å². The SMILES string of the molecule is COc1ccc(-c2csc(NC(=O)CSc3cc(C)c4ccccc4n3)n2)cc1. The number of para-hydroxylation sites is 1. The van der Waals surface area contributed by atoms with Crippen LogP contribution in [0.4, 0.5) is 5.13 Å². The van der Waals surface area contributed by atoms with E-state index in [1.54, 1.807) is 7.11 Å². The molecule has 0 bridgehead atoms. The van der Waals surface area contributed by atoms with Gasteiger partial charge in [-0.1, -0.05) is 30.0 Å². The van der Waals surface area contributed by atoms with Crippen LogP contribution in [-0.4, -0.2) is 28.7 Å². The molecule has 2 heterocycles. The number of aromatic nitrogens is 2. The minimum absolute atomic E-state index is 0.0988. The minimum Gasteiger partial charge on any atom is -0.497 e. The first-order chi connectivity index (χ1) is 14.1. The largest absolute Gasteiger partial charge is 0.497 e. The fourth-order valence-electron chi connectivity index (χ4n) is 2.91. The third-order valence-corrected chi connectivity index (χ3v) is 6.06. The van der Waals surface area contributed by atoms with E-state index in [9.17, 15) is 4.79 Å². The Morgan fingerprint density at radius 2 is 1.93 bits per heavy atom. The first-order valence-electron chi connectivity index (χ1n) is 9.01. The number of hydrogen-bond acceptors (Lipinski definition) is 6. The number of benzene rings is 2. The van der Waals surface area contributed by atoms with E-state index in [0.717, 1.165) is 38.5 Å². The van der Waals surface area contributed by atoms with Crippen LogP contribution < -0.4 is 10.1 Å². The lowest BCUT2D eigenvalue weighted by molar-refractivity contribution is -0.113. The highest BCUT2D eigenvalue weighted by molar-refractivity contribution is 7.99. The number of ether oxygens (including phenoxy) is 1. The van der Waals surface area contributed by atoms with Crippen molar-refractivity contribution in [1.29, 1.82) is 0 Å². The van der Waals surface area contributed by atoms with E-state index in [4.69, 9.17) is 4.74 Å². The number of nitrogens with zero attached hydrogens (tertiary/aromatic N) is 2. The van der Waals surface area contributed by atoms with E-state index in [-0.39, 0.29) is 11.7 Å². The fourth-order valence-corrected chi connectivity index (χ4v) is 4.42. The first-order valence-corrected chi connectivity index (χ1v) is 10.9. The van der Waals surface area contributed by atoms with Crippen LogP contribution in [0.25, 0.3) is 22.2 Å². The van der Waals surface area contributed by atoms with E-state index in [0.29, 0.717) is 5.13 Å². The average Bonchev–Trinajstić information content (AvgIpc) is 3.21. The van der Waals surface area contributed by atoms with Crippen LogP contribution in [0.1, 0.15) is 5.56 Å². The molecule has 1 amide bonds. The van der Waals surface area contributed by atoms with Crippen molar-refractivity contribution in [2.75, 3.05) is 18.2 Å². The maximum atomic E-state index is 12.4. The number of anilines is 1. The minimum atomic E-state index is -0.0988. The van der Waals surface area contributed by atoms with Crippen molar-refractivity contribution >= 4 is 45.0 Å². The summed E-state index contributed by atoms with van der Waals surface area (Å²) in [6.07, 6.45) is 0. The van der Waals surface area contributed by atoms with Crippen LogP contribution in [-0.2, 0) is 4.79 Å². The van der Waals surface area contributed by atoms with Gasteiger partial charge in [-0.15, -0.1) is 11.3 Å². The molecule has 0 fully saturated rings. The van der Waals surface area contributed by atoms with E-state index in [1.165, 1.54) is 23.1 Å². The zero-order valence-electron chi connectivity index (χ0n) is 16.0. The number of carbonyl (C=O) groups excluding carboxylic acids is 1. The van der Waals surface area contributed by atoms with Crippen LogP contribution in [0.3, 0.4) is 0 Å². The molecule has 0 spiro atoms. The lowest BCUT2D eigenvalue weighted by Gasteiger charge is -2.06. The van der Waals surface area contributed by atoms with Gasteiger partial charge in [0.05, 0.1) is 29.1 Å². The van der Waals surface area contributed by atoms with Gasteiger partial charge in [0, 0.05) is 16.3 Å². The zero-order chi connectivity index (χ0) is 20.2. The van der Waals surface area contributed by atoms with Crippen molar-refractivity contribution < 1.29 is 9.53 Å². The summed E-state index contributed by atoms with van der Waals surface area (Å²) < 4.78 is 5.18. The Kier molecular flexibility index (Phi) is 5.78. The number of hydrogen-bond donors (Lipinski definition) is 1. The summed E-state index contributed by atoms with van der Waals surface area (Å²) in [6.45, 7) is 2.06. The van der Waals surface area contributed by atoms with E-state index >= 15 is 0 Å². The van der Waals surface area contributed by atoms with Gasteiger partial charge in [0.1, 0.15) is 5.75 Å². The second kappa shape index (κ2) is 8.63. The number of amides is 1. The second-order valence-corrected chi connectivity index (χ2v) is 8.25. The molecule has 0 unspecified atom stereocenters. The Bertz CT molecular complexity index is 1160. The number of carbonyl (C=O) groups is 1. The van der Waals surface area contributed by atoms with E-state index in [1.807, 2.05) is 53.9 Å². The van der Waals surface area contributed by atoms with Gasteiger partial charge in [0.2, 0.25) is 5.91 Å². The number of methoxy groups -OCH3 is 1. The molecule has 4 rings (SSSR count). The molecule has 29 heavy (non-hydrogen) atoms. The Hall–Kier alpha value is -2.90. The molecular formula is C22H19N3O2S2. The maximum Gasteiger partial charge on any atom is 0.236 e. The molecule has 5 nitrogen and oxygen atoms in total. The van der Waals surface area contributed by atoms with Crippen LogP contribution in [0.15, 0.2) is 65.0 Å². The molecule has 0 saturated carbocycles. The molecule has 0 radical (unpaired) electrons. The number of thiazole rings is 1. The fraction of sp³-hybridized carbons (Fsp3) is 0.136. The van der Waals surface area contributed by atoms with Crippen molar-refractivity contribution in [3.63, 3.8) is 0 Å². The highest BCUT2D eigenvalue weighted by atomic mass is 32.2. The van der Waals surface area contributed by atoms with Crippen LogP contribution in [0.5, 0.6) is 5.75 Å². The van der Waals surface area contributed by atoms with Gasteiger partial charge in [0.15, 0.2) is 5.13 Å². The Balaban J connectivity index is 1.38. The van der Waals surface area contributed by atoms with Crippen LogP contribution in [0.2, 0.25) is 0 Å². The molecule has 2 aromatic carbocycles. The summed E-state index contributed by atoms with van der Waals surface area (Å²) in [6, 6.07) is 17.7. The molecule has 0 aliphatic rings. The van der Waals surface area contributed by atoms with Gasteiger partial charge in [-0.25, -0.2) is 9.97 Å². The van der Waals surface area contributed by atoms with Gasteiger partial charge in [-0.2, -0.15) is 0 Å². The lowest BCUT2D eigenvalue weighted by atomic mass is 10.1. The molecule has 7 heteroatoms. The first kappa shape index (κ1) is 19.4. The summed E-state index contributed by atoms with van der Waals surface area (Å²) >= 11 is 2.83. The normalized spacial score (nSPS) is 10.8.